The zero-order valence-corrected chi connectivity index (χ0v) is 49.0. The highest BCUT2D eigenvalue weighted by Crippen LogP contribution is 2.38. The van der Waals surface area contributed by atoms with Crippen LogP contribution < -0.4 is 10.2 Å². The molecule has 0 heterocycles. The van der Waals surface area contributed by atoms with Crippen LogP contribution in [0.15, 0.2) is 48.6 Å². The zero-order valence-electron chi connectivity index (χ0n) is 48.1. The van der Waals surface area contributed by atoms with Crippen LogP contribution >= 0.6 is 7.82 Å². The summed E-state index contributed by atoms with van der Waals surface area (Å²) < 4.78 is 30.2. The van der Waals surface area contributed by atoms with Crippen LogP contribution in [0, 0.1) is 0 Å². The predicted octanol–water partition coefficient (Wildman–Crippen LogP) is 17.9. The van der Waals surface area contributed by atoms with Crippen LogP contribution in [0.3, 0.4) is 0 Å². The van der Waals surface area contributed by atoms with E-state index >= 15 is 0 Å². The largest absolute Gasteiger partial charge is 0.756 e. The number of allylic oxidation sites excluding steroid dienone is 7. The second-order valence-corrected chi connectivity index (χ2v) is 23.3. The summed E-state index contributed by atoms with van der Waals surface area (Å²) in [6.07, 6.45) is 63.8. The van der Waals surface area contributed by atoms with Gasteiger partial charge in [-0.1, -0.05) is 243 Å². The number of nitrogens with zero attached hydrogens (tertiary/aromatic N) is 1. The molecule has 1 amide bonds. The van der Waals surface area contributed by atoms with E-state index in [0.29, 0.717) is 23.9 Å². The second-order valence-electron chi connectivity index (χ2n) is 21.8. The number of carbonyl (C=O) groups excluding carboxylic acids is 2. The van der Waals surface area contributed by atoms with Crippen LogP contribution in [0.1, 0.15) is 284 Å². The molecular weight excluding hydrogens is 916 g/mol. The van der Waals surface area contributed by atoms with Crippen LogP contribution in [0.4, 0.5) is 0 Å². The number of ether oxygens (including phenoxy) is 1. The van der Waals surface area contributed by atoms with E-state index in [1.807, 2.05) is 39.4 Å². The van der Waals surface area contributed by atoms with Crippen LogP contribution in [-0.4, -0.2) is 69.4 Å². The highest BCUT2D eigenvalue weighted by molar-refractivity contribution is 7.45. The maximum atomic E-state index is 13.5. The number of esters is 1. The van der Waals surface area contributed by atoms with E-state index in [4.69, 9.17) is 13.8 Å². The van der Waals surface area contributed by atoms with E-state index in [9.17, 15) is 19.0 Å². The number of phosphoric ester groups is 1. The molecule has 0 aliphatic rings. The fourth-order valence-corrected chi connectivity index (χ4v) is 9.47. The molecule has 3 atom stereocenters. The first kappa shape index (κ1) is 70.0. The Labute approximate surface area is 446 Å². The molecule has 0 rings (SSSR count). The number of carbonyl (C=O) groups is 2. The molecule has 0 radical (unpaired) electrons. The van der Waals surface area contributed by atoms with Crippen LogP contribution in [0.2, 0.25) is 0 Å². The van der Waals surface area contributed by atoms with Crippen LogP contribution in [0.25, 0.3) is 0 Å². The van der Waals surface area contributed by atoms with E-state index in [-0.39, 0.29) is 18.9 Å². The molecule has 72 heavy (non-hydrogen) atoms. The molecule has 0 saturated carbocycles. The molecule has 3 unspecified atom stereocenters. The van der Waals surface area contributed by atoms with Crippen molar-refractivity contribution in [1.82, 2.24) is 5.32 Å². The number of hydrogen-bond donors (Lipinski definition) is 1. The number of nitrogens with one attached hydrogen (secondary N) is 1. The van der Waals surface area contributed by atoms with Crippen molar-refractivity contribution in [3.05, 3.63) is 48.6 Å². The maximum absolute atomic E-state index is 13.5. The van der Waals surface area contributed by atoms with Gasteiger partial charge in [-0.2, -0.15) is 0 Å². The Kier molecular flexibility index (Phi) is 50.9. The Balaban J connectivity index is 5.25. The minimum Gasteiger partial charge on any atom is -0.756 e. The van der Waals surface area contributed by atoms with Gasteiger partial charge in [0, 0.05) is 12.8 Å². The summed E-state index contributed by atoms with van der Waals surface area (Å²) in [4.78, 5) is 39.8. The van der Waals surface area contributed by atoms with Gasteiger partial charge in [-0.15, -0.1) is 0 Å². The summed E-state index contributed by atoms with van der Waals surface area (Å²) in [5.74, 6) is -0.613. The lowest BCUT2D eigenvalue weighted by Gasteiger charge is -2.30. The SMILES string of the molecule is CCCCCCCC/C=C\C/C=C/CCC(=O)OC(/C=C\CCCCCCCCCCCC)C(COP(=O)([O-])OCC[N+](C)(C)C)NC(=O)CCCCCCCCCCCCC/C=C/CCCCCCCC. The van der Waals surface area contributed by atoms with Crippen molar-refractivity contribution >= 4 is 19.7 Å². The molecule has 0 aromatic rings. The van der Waals surface area contributed by atoms with Crippen molar-refractivity contribution in [3.63, 3.8) is 0 Å². The third kappa shape index (κ3) is 52.8. The summed E-state index contributed by atoms with van der Waals surface area (Å²) >= 11 is 0. The Morgan fingerprint density at radius 2 is 0.861 bits per heavy atom. The first-order chi connectivity index (χ1) is 34.9. The molecule has 422 valence electrons. The standard InChI is InChI=1S/C62H117N2O7P/c1-7-10-13-16-19-22-25-28-29-30-31-32-33-34-35-37-39-42-45-48-51-54-61(65)63-59(58-70-72(67,68)69-57-56-64(4,5)6)60(53-50-47-44-41-38-27-24-21-18-15-12-9-3)71-62(66)55-52-49-46-43-40-36-26-23-20-17-14-11-8-2/h28-29,36,40,46,49-50,53,59-60H,7-27,30-35,37-39,41-45,47-48,51-52,54-58H2,1-6H3,(H-,63,65,67,68)/b29-28+,40-36-,49-46+,53-50-. The van der Waals surface area contributed by atoms with E-state index < -0.39 is 32.5 Å². The molecule has 0 bridgehead atoms. The summed E-state index contributed by atoms with van der Waals surface area (Å²) in [6.45, 7) is 6.81. The molecule has 0 aliphatic heterocycles. The Bertz CT molecular complexity index is 1380. The molecule has 0 fully saturated rings. The molecule has 10 heteroatoms. The van der Waals surface area contributed by atoms with E-state index in [0.717, 1.165) is 51.4 Å². The highest BCUT2D eigenvalue weighted by atomic mass is 31.2. The number of quaternary nitrogens is 1. The summed E-state index contributed by atoms with van der Waals surface area (Å²) in [5, 5.41) is 3.01. The van der Waals surface area contributed by atoms with E-state index in [1.165, 1.54) is 193 Å². The van der Waals surface area contributed by atoms with Crippen molar-refractivity contribution in [2.24, 2.45) is 0 Å². The molecule has 0 aliphatic carbocycles. The number of hydrogen-bond acceptors (Lipinski definition) is 7. The van der Waals surface area contributed by atoms with Gasteiger partial charge in [0.1, 0.15) is 19.3 Å². The number of amides is 1. The van der Waals surface area contributed by atoms with Crippen molar-refractivity contribution in [1.29, 1.82) is 0 Å². The molecule has 0 aromatic carbocycles. The molecule has 0 saturated heterocycles. The second kappa shape index (κ2) is 52.4. The Morgan fingerprint density at radius 3 is 1.29 bits per heavy atom. The third-order valence-electron chi connectivity index (χ3n) is 13.5. The van der Waals surface area contributed by atoms with Gasteiger partial charge in [-0.05, 0) is 76.7 Å². The van der Waals surface area contributed by atoms with Gasteiger partial charge >= 0.3 is 5.97 Å². The Hall–Kier alpha value is -2.03. The topological polar surface area (TPSA) is 114 Å². The van der Waals surface area contributed by atoms with Crippen LogP contribution in [-0.2, 0) is 27.9 Å². The van der Waals surface area contributed by atoms with E-state index in [2.05, 4.69) is 56.5 Å². The summed E-state index contributed by atoms with van der Waals surface area (Å²) in [5.41, 5.74) is 0. The number of likely N-dealkylation sites (N-methyl/N-ethyl adjacent to an activating group) is 1. The average Bonchev–Trinajstić information content (AvgIpc) is 3.34. The van der Waals surface area contributed by atoms with Gasteiger partial charge in [0.25, 0.3) is 7.82 Å². The first-order valence-corrected chi connectivity index (χ1v) is 31.9. The van der Waals surface area contributed by atoms with Crippen molar-refractivity contribution < 1.29 is 37.3 Å². The lowest BCUT2D eigenvalue weighted by Crippen LogP contribution is -2.47. The Morgan fingerprint density at radius 1 is 0.486 bits per heavy atom. The summed E-state index contributed by atoms with van der Waals surface area (Å²) in [7, 11) is 1.16. The lowest BCUT2D eigenvalue weighted by molar-refractivity contribution is -0.870. The van der Waals surface area contributed by atoms with E-state index in [1.54, 1.807) is 0 Å². The van der Waals surface area contributed by atoms with Crippen molar-refractivity contribution in [2.45, 2.75) is 296 Å². The first-order valence-electron chi connectivity index (χ1n) is 30.4. The zero-order chi connectivity index (χ0) is 52.9. The third-order valence-corrected chi connectivity index (χ3v) is 14.5. The fourth-order valence-electron chi connectivity index (χ4n) is 8.75. The van der Waals surface area contributed by atoms with Gasteiger partial charge < -0.3 is 28.5 Å². The van der Waals surface area contributed by atoms with Crippen molar-refractivity contribution in [3.8, 4) is 0 Å². The number of unbranched alkanes of at least 4 members (excludes halogenated alkanes) is 33. The van der Waals surface area contributed by atoms with Crippen molar-refractivity contribution in [2.75, 3.05) is 40.9 Å². The minimum absolute atomic E-state index is 0.0294. The van der Waals surface area contributed by atoms with Gasteiger partial charge in [-0.3, -0.25) is 14.2 Å². The molecule has 9 nitrogen and oxygen atoms in total. The molecule has 1 N–H and O–H groups in total. The van der Waals surface area contributed by atoms with Gasteiger partial charge in [0.05, 0.1) is 33.8 Å². The highest BCUT2D eigenvalue weighted by Gasteiger charge is 2.27. The van der Waals surface area contributed by atoms with Crippen LogP contribution in [0.5, 0.6) is 0 Å². The van der Waals surface area contributed by atoms with Gasteiger partial charge in [-0.25, -0.2) is 0 Å². The fraction of sp³-hybridized carbons (Fsp3) is 0.839. The lowest BCUT2D eigenvalue weighted by atomic mass is 10.0. The molecule has 0 spiro atoms. The monoisotopic (exact) mass is 1030 g/mol. The maximum Gasteiger partial charge on any atom is 0.306 e. The van der Waals surface area contributed by atoms with Gasteiger partial charge in [0.15, 0.2) is 0 Å². The minimum atomic E-state index is -4.70. The smallest absolute Gasteiger partial charge is 0.306 e. The molecule has 0 aromatic heterocycles. The predicted molar refractivity (Wildman–Crippen MR) is 307 cm³/mol. The van der Waals surface area contributed by atoms with Gasteiger partial charge in [0.2, 0.25) is 5.91 Å². The number of phosphoric acid groups is 1. The normalized spacial score (nSPS) is 14.0. The average molecular weight is 1030 g/mol. The summed E-state index contributed by atoms with van der Waals surface area (Å²) in [6, 6.07) is -0.909. The number of rotatable bonds is 55. The molecular formula is C62H117N2O7P. The quantitative estimate of drug-likeness (QED) is 0.0212.